The van der Waals surface area contributed by atoms with Crippen LogP contribution in [0.4, 0.5) is 0 Å². The Labute approximate surface area is 139 Å². The number of hydrazine groups is 1. The molecule has 1 aliphatic rings. The van der Waals surface area contributed by atoms with Crippen molar-refractivity contribution in [1.82, 2.24) is 20.6 Å². The minimum Gasteiger partial charge on any atom is -0.283 e. The molecule has 2 amide bonds. The molecule has 0 spiro atoms. The molecule has 7 heteroatoms. The van der Waals surface area contributed by atoms with Crippen LogP contribution in [0.3, 0.4) is 0 Å². The van der Waals surface area contributed by atoms with Gasteiger partial charge in [-0.2, -0.15) is 5.10 Å². The SMILES string of the molecule is Cc1nn(-c2ccccc2)c(C)c1C(=O)C(=O)NNC(=O)C1CC1. The quantitative estimate of drug-likeness (QED) is 0.502. The van der Waals surface area contributed by atoms with Crippen LogP contribution in [0.15, 0.2) is 30.3 Å². The summed E-state index contributed by atoms with van der Waals surface area (Å²) < 4.78 is 1.62. The van der Waals surface area contributed by atoms with Gasteiger partial charge in [0.2, 0.25) is 5.91 Å². The molecule has 1 aromatic carbocycles. The molecule has 24 heavy (non-hydrogen) atoms. The van der Waals surface area contributed by atoms with Gasteiger partial charge in [-0.05, 0) is 38.8 Å². The van der Waals surface area contributed by atoms with Gasteiger partial charge in [-0.15, -0.1) is 0 Å². The summed E-state index contributed by atoms with van der Waals surface area (Å²) in [6, 6.07) is 9.35. The van der Waals surface area contributed by atoms with Crippen LogP contribution in [0.5, 0.6) is 0 Å². The van der Waals surface area contributed by atoms with E-state index >= 15 is 0 Å². The smallest absolute Gasteiger partial charge is 0.283 e. The van der Waals surface area contributed by atoms with Crippen molar-refractivity contribution in [1.29, 1.82) is 0 Å². The number of amides is 2. The van der Waals surface area contributed by atoms with E-state index in [9.17, 15) is 14.4 Å². The zero-order valence-electron chi connectivity index (χ0n) is 13.5. The molecular weight excluding hydrogens is 308 g/mol. The third kappa shape index (κ3) is 3.05. The van der Waals surface area contributed by atoms with Crippen LogP contribution >= 0.6 is 0 Å². The largest absolute Gasteiger partial charge is 0.310 e. The number of benzene rings is 1. The average molecular weight is 326 g/mol. The number of aromatic nitrogens is 2. The Morgan fingerprint density at radius 2 is 1.75 bits per heavy atom. The number of rotatable bonds is 4. The van der Waals surface area contributed by atoms with Crippen molar-refractivity contribution in [3.05, 3.63) is 47.3 Å². The molecule has 124 valence electrons. The number of para-hydroxylation sites is 1. The lowest BCUT2D eigenvalue weighted by molar-refractivity contribution is -0.127. The Morgan fingerprint density at radius 3 is 2.38 bits per heavy atom. The number of carbonyl (C=O) groups excluding carboxylic acids is 3. The minimum atomic E-state index is -0.872. The summed E-state index contributed by atoms with van der Waals surface area (Å²) in [4.78, 5) is 36.0. The first-order valence-corrected chi connectivity index (χ1v) is 7.75. The first-order valence-electron chi connectivity index (χ1n) is 7.75. The molecular formula is C17H18N4O3. The fraction of sp³-hybridized carbons (Fsp3) is 0.294. The van der Waals surface area contributed by atoms with Gasteiger partial charge in [0.25, 0.3) is 5.78 Å². The van der Waals surface area contributed by atoms with Gasteiger partial charge in [0.1, 0.15) is 0 Å². The van der Waals surface area contributed by atoms with Crippen LogP contribution in [0.25, 0.3) is 5.69 Å². The third-order valence-corrected chi connectivity index (χ3v) is 3.97. The first-order chi connectivity index (χ1) is 11.5. The lowest BCUT2D eigenvalue weighted by Crippen LogP contribution is -2.45. The van der Waals surface area contributed by atoms with Crippen molar-refractivity contribution < 1.29 is 14.4 Å². The number of nitrogens with one attached hydrogen (secondary N) is 2. The molecule has 0 unspecified atom stereocenters. The standard InChI is InChI=1S/C17H18N4O3/c1-10-14(11(2)21(20-10)13-6-4-3-5-7-13)15(22)17(24)19-18-16(23)12-8-9-12/h3-7,12H,8-9H2,1-2H3,(H,18,23)(H,19,24). The van der Waals surface area contributed by atoms with Gasteiger partial charge in [0.15, 0.2) is 0 Å². The molecule has 1 heterocycles. The highest BCUT2D eigenvalue weighted by Crippen LogP contribution is 2.28. The summed E-state index contributed by atoms with van der Waals surface area (Å²) in [6.07, 6.45) is 1.63. The van der Waals surface area contributed by atoms with Crippen LogP contribution in [-0.2, 0) is 9.59 Å². The summed E-state index contributed by atoms with van der Waals surface area (Å²) in [5.74, 6) is -1.90. The van der Waals surface area contributed by atoms with Crippen molar-refractivity contribution in [3.63, 3.8) is 0 Å². The molecule has 2 N–H and O–H groups in total. The van der Waals surface area contributed by atoms with Crippen LogP contribution in [0, 0.1) is 19.8 Å². The molecule has 1 aliphatic carbocycles. The molecule has 7 nitrogen and oxygen atoms in total. The fourth-order valence-electron chi connectivity index (χ4n) is 2.53. The van der Waals surface area contributed by atoms with Crippen molar-refractivity contribution >= 4 is 17.6 Å². The molecule has 2 aromatic rings. The maximum atomic E-state index is 12.4. The van der Waals surface area contributed by atoms with E-state index in [1.54, 1.807) is 18.5 Å². The summed E-state index contributed by atoms with van der Waals surface area (Å²) in [7, 11) is 0. The first kappa shape index (κ1) is 15.9. The van der Waals surface area contributed by atoms with E-state index in [1.165, 1.54) is 0 Å². The predicted molar refractivity (Wildman–Crippen MR) is 86.4 cm³/mol. The second-order valence-electron chi connectivity index (χ2n) is 5.84. The normalized spacial score (nSPS) is 13.4. The van der Waals surface area contributed by atoms with Gasteiger partial charge < -0.3 is 0 Å². The molecule has 0 aliphatic heterocycles. The van der Waals surface area contributed by atoms with E-state index in [4.69, 9.17) is 0 Å². The van der Waals surface area contributed by atoms with Gasteiger partial charge in [-0.1, -0.05) is 18.2 Å². The number of hydrogen-bond acceptors (Lipinski definition) is 4. The van der Waals surface area contributed by atoms with Gasteiger partial charge >= 0.3 is 5.91 Å². The number of carbonyl (C=O) groups is 3. The van der Waals surface area contributed by atoms with Gasteiger partial charge in [-0.3, -0.25) is 25.2 Å². The average Bonchev–Trinajstić information content (AvgIpc) is 3.38. The van der Waals surface area contributed by atoms with Crippen molar-refractivity contribution in [3.8, 4) is 5.69 Å². The van der Waals surface area contributed by atoms with Gasteiger partial charge in [0.05, 0.1) is 22.6 Å². The van der Waals surface area contributed by atoms with Crippen molar-refractivity contribution in [2.45, 2.75) is 26.7 Å². The summed E-state index contributed by atoms with van der Waals surface area (Å²) in [6.45, 7) is 3.41. The van der Waals surface area contributed by atoms with E-state index in [2.05, 4.69) is 16.0 Å². The molecule has 3 rings (SSSR count). The highest BCUT2D eigenvalue weighted by atomic mass is 16.2. The molecule has 1 fully saturated rings. The van der Waals surface area contributed by atoms with Crippen LogP contribution in [0.2, 0.25) is 0 Å². The van der Waals surface area contributed by atoms with E-state index < -0.39 is 11.7 Å². The van der Waals surface area contributed by atoms with Crippen LogP contribution < -0.4 is 10.9 Å². The molecule has 1 aromatic heterocycles. The second-order valence-corrected chi connectivity index (χ2v) is 5.84. The van der Waals surface area contributed by atoms with E-state index in [-0.39, 0.29) is 17.4 Å². The number of ketones is 1. The number of nitrogens with zero attached hydrogens (tertiary/aromatic N) is 2. The Hall–Kier alpha value is -2.96. The lowest BCUT2D eigenvalue weighted by atomic mass is 10.1. The fourth-order valence-corrected chi connectivity index (χ4v) is 2.53. The van der Waals surface area contributed by atoms with Gasteiger partial charge in [-0.25, -0.2) is 4.68 Å². The van der Waals surface area contributed by atoms with Crippen molar-refractivity contribution in [2.75, 3.05) is 0 Å². The monoisotopic (exact) mass is 326 g/mol. The van der Waals surface area contributed by atoms with E-state index in [0.717, 1.165) is 18.5 Å². The van der Waals surface area contributed by atoms with E-state index in [0.29, 0.717) is 11.4 Å². The maximum absolute atomic E-state index is 12.4. The Kier molecular flexibility index (Phi) is 4.16. The van der Waals surface area contributed by atoms with Crippen LogP contribution in [0.1, 0.15) is 34.6 Å². The highest BCUT2D eigenvalue weighted by molar-refractivity contribution is 6.43. The lowest BCUT2D eigenvalue weighted by Gasteiger charge is -2.07. The third-order valence-electron chi connectivity index (χ3n) is 3.97. The molecule has 0 radical (unpaired) electrons. The Morgan fingerprint density at radius 1 is 1.08 bits per heavy atom. The van der Waals surface area contributed by atoms with Crippen molar-refractivity contribution in [2.24, 2.45) is 5.92 Å². The summed E-state index contributed by atoms with van der Waals surface area (Å²) >= 11 is 0. The topological polar surface area (TPSA) is 93.1 Å². The number of aryl methyl sites for hydroxylation is 1. The Balaban J connectivity index is 1.78. The number of Topliss-reactive ketones (excluding diaryl/α,β-unsaturated/α-hetero) is 1. The summed E-state index contributed by atoms with van der Waals surface area (Å²) in [5.41, 5.74) is 6.56. The molecule has 1 saturated carbocycles. The summed E-state index contributed by atoms with van der Waals surface area (Å²) in [5, 5.41) is 4.35. The maximum Gasteiger partial charge on any atom is 0.310 e. The second kappa shape index (κ2) is 6.27. The Bertz CT molecular complexity index is 807. The molecule has 0 atom stereocenters. The molecule has 0 saturated heterocycles. The predicted octanol–water partition coefficient (Wildman–Crippen LogP) is 1.23. The number of hydrogen-bond donors (Lipinski definition) is 2. The van der Waals surface area contributed by atoms with Crippen LogP contribution in [-0.4, -0.2) is 27.4 Å². The zero-order valence-corrected chi connectivity index (χ0v) is 13.5. The van der Waals surface area contributed by atoms with E-state index in [1.807, 2.05) is 30.3 Å². The minimum absolute atomic E-state index is 0.0512. The highest BCUT2D eigenvalue weighted by Gasteiger charge is 2.31. The zero-order chi connectivity index (χ0) is 17.3. The van der Waals surface area contributed by atoms with Gasteiger partial charge in [0, 0.05) is 5.92 Å². The molecule has 0 bridgehead atoms.